The molecule has 2 aromatic heterocycles. The summed E-state index contributed by atoms with van der Waals surface area (Å²) in [5.74, 6) is 0.0154. The molecule has 2 aliphatic carbocycles. The molecule has 1 aromatic carbocycles. The number of nitrogens with one attached hydrogen (secondary N) is 1. The van der Waals surface area contributed by atoms with Gasteiger partial charge in [-0.3, -0.25) is 9.78 Å². The third kappa shape index (κ3) is 5.28. The fourth-order valence-electron chi connectivity index (χ4n) is 5.83. The normalized spacial score (nSPS) is 23.5. The Morgan fingerprint density at radius 2 is 1.69 bits per heavy atom. The third-order valence-electron chi connectivity index (χ3n) is 8.34. The van der Waals surface area contributed by atoms with E-state index in [2.05, 4.69) is 33.4 Å². The largest absolute Gasteiger partial charge is 0.369 e. The highest BCUT2D eigenvalue weighted by molar-refractivity contribution is 7.91. The maximum atomic E-state index is 13.4. The highest BCUT2D eigenvalue weighted by Gasteiger charge is 2.47. The van der Waals surface area contributed by atoms with E-state index >= 15 is 0 Å². The van der Waals surface area contributed by atoms with E-state index in [1.807, 2.05) is 35.1 Å². The van der Waals surface area contributed by atoms with Gasteiger partial charge in [0.1, 0.15) is 5.54 Å². The van der Waals surface area contributed by atoms with Crippen molar-refractivity contribution < 1.29 is 13.2 Å². The molecule has 39 heavy (non-hydrogen) atoms. The van der Waals surface area contributed by atoms with Crippen LogP contribution in [0.5, 0.6) is 0 Å². The monoisotopic (exact) mass is 544 g/mol. The number of rotatable bonds is 6. The van der Waals surface area contributed by atoms with E-state index in [-0.39, 0.29) is 29.2 Å². The van der Waals surface area contributed by atoms with E-state index in [0.29, 0.717) is 25.9 Å². The first-order valence-corrected chi connectivity index (χ1v) is 15.5. The summed E-state index contributed by atoms with van der Waals surface area (Å²) in [5.41, 5.74) is 4.07. The van der Waals surface area contributed by atoms with Gasteiger partial charge in [-0.25, -0.2) is 13.1 Å². The number of nitriles is 1. The van der Waals surface area contributed by atoms with E-state index < -0.39 is 15.4 Å². The lowest BCUT2D eigenvalue weighted by atomic mass is 9.75. The minimum Gasteiger partial charge on any atom is -0.369 e. The van der Waals surface area contributed by atoms with Crippen LogP contribution in [0, 0.1) is 17.2 Å². The second-order valence-electron chi connectivity index (χ2n) is 10.9. The van der Waals surface area contributed by atoms with Crippen molar-refractivity contribution in [1.29, 1.82) is 5.26 Å². The van der Waals surface area contributed by atoms with Gasteiger partial charge in [-0.2, -0.15) is 10.4 Å². The summed E-state index contributed by atoms with van der Waals surface area (Å²) in [6.07, 6.45) is 10.6. The molecule has 1 N–H and O–H groups in total. The molecule has 1 aliphatic heterocycles. The number of carbonyl (C=O) groups excluding carboxylic acids is 1. The maximum absolute atomic E-state index is 13.4. The first-order valence-electron chi connectivity index (χ1n) is 13.7. The molecule has 0 spiro atoms. The smallest absolute Gasteiger partial charge is 0.225 e. The van der Waals surface area contributed by atoms with Crippen molar-refractivity contribution in [3.8, 4) is 22.9 Å². The fourth-order valence-corrected chi connectivity index (χ4v) is 7.03. The highest BCUT2D eigenvalue weighted by atomic mass is 32.2. The minimum atomic E-state index is -2.95. The number of aromatic nitrogens is 3. The summed E-state index contributed by atoms with van der Waals surface area (Å²) in [7, 11) is -2.95. The molecule has 3 fully saturated rings. The van der Waals surface area contributed by atoms with Crippen molar-refractivity contribution in [1.82, 2.24) is 20.1 Å². The number of benzene rings is 1. The highest BCUT2D eigenvalue weighted by Crippen LogP contribution is 2.43. The average molecular weight is 545 g/mol. The van der Waals surface area contributed by atoms with Crippen LogP contribution in [0.1, 0.15) is 50.1 Å². The molecular formula is C29H32N6O3S. The van der Waals surface area contributed by atoms with Crippen LogP contribution >= 0.6 is 0 Å². The Balaban J connectivity index is 1.34. The van der Waals surface area contributed by atoms with Gasteiger partial charge < -0.3 is 10.2 Å². The average Bonchev–Trinajstić information content (AvgIpc) is 3.60. The summed E-state index contributed by atoms with van der Waals surface area (Å²) in [5, 5.41) is 17.6. The molecule has 1 amide bonds. The predicted molar refractivity (Wildman–Crippen MR) is 148 cm³/mol. The van der Waals surface area contributed by atoms with Crippen LogP contribution in [0.3, 0.4) is 0 Å². The van der Waals surface area contributed by atoms with Crippen LogP contribution in [0.2, 0.25) is 0 Å². The van der Waals surface area contributed by atoms with Gasteiger partial charge in [0.2, 0.25) is 5.91 Å². The van der Waals surface area contributed by atoms with Crippen LogP contribution < -0.4 is 10.2 Å². The van der Waals surface area contributed by atoms with Crippen LogP contribution in [0.4, 0.5) is 5.69 Å². The Morgan fingerprint density at radius 1 is 1.00 bits per heavy atom. The van der Waals surface area contributed by atoms with Gasteiger partial charge in [-0.1, -0.05) is 25.0 Å². The molecule has 1 saturated heterocycles. The lowest BCUT2D eigenvalue weighted by Gasteiger charge is -2.31. The Hall–Kier alpha value is -3.71. The predicted octanol–water partition coefficient (Wildman–Crippen LogP) is 3.62. The molecule has 9 nitrogen and oxygen atoms in total. The number of amides is 1. The SMILES string of the molecule is N#CC1(NC(=O)C2CCCCC2c2nn(-c3ccncc3)cc2-c2ccc(N3CCS(=O)(=O)CC3)cc2)CC1. The van der Waals surface area contributed by atoms with Crippen molar-refractivity contribution in [2.75, 3.05) is 29.5 Å². The first-order chi connectivity index (χ1) is 18.9. The Kier molecular flexibility index (Phi) is 6.63. The lowest BCUT2D eigenvalue weighted by Crippen LogP contribution is -2.42. The molecule has 3 heterocycles. The third-order valence-corrected chi connectivity index (χ3v) is 9.95. The number of carbonyl (C=O) groups is 1. The summed E-state index contributed by atoms with van der Waals surface area (Å²) in [6, 6.07) is 14.3. The van der Waals surface area contributed by atoms with Crippen LogP contribution in [0.15, 0.2) is 55.0 Å². The number of hydrogen-bond donors (Lipinski definition) is 1. The van der Waals surface area contributed by atoms with E-state index in [0.717, 1.165) is 53.9 Å². The molecule has 3 aromatic rings. The van der Waals surface area contributed by atoms with Gasteiger partial charge >= 0.3 is 0 Å². The summed E-state index contributed by atoms with van der Waals surface area (Å²) in [6.45, 7) is 0.992. The number of nitrogens with zero attached hydrogens (tertiary/aromatic N) is 5. The molecule has 202 valence electrons. The number of hydrogen-bond acceptors (Lipinski definition) is 7. The number of anilines is 1. The van der Waals surface area contributed by atoms with Gasteiger partial charge in [0.25, 0.3) is 0 Å². The standard InChI is InChI=1S/C29H32N6O3S/c30-20-29(11-12-29)32-28(36)25-4-2-1-3-24(25)27-26(19-35(33-27)23-9-13-31-14-10-23)21-5-7-22(8-6-21)34-15-17-39(37,38)18-16-34/h5-10,13-14,19,24-25H,1-4,11-12,15-18H2,(H,32,36). The maximum Gasteiger partial charge on any atom is 0.225 e. The number of sulfone groups is 1. The van der Waals surface area contributed by atoms with Crippen LogP contribution in [-0.2, 0) is 14.6 Å². The minimum absolute atomic E-state index is 0.0430. The van der Waals surface area contributed by atoms with Gasteiger partial charge in [0.15, 0.2) is 9.84 Å². The van der Waals surface area contributed by atoms with Gasteiger partial charge in [-0.15, -0.1) is 0 Å². The summed E-state index contributed by atoms with van der Waals surface area (Å²) >= 11 is 0. The van der Waals surface area contributed by atoms with Crippen LogP contribution in [-0.4, -0.2) is 59.2 Å². The zero-order chi connectivity index (χ0) is 27.0. The second-order valence-corrected chi connectivity index (χ2v) is 13.2. The van der Waals surface area contributed by atoms with Crippen LogP contribution in [0.25, 0.3) is 16.8 Å². The quantitative estimate of drug-likeness (QED) is 0.503. The zero-order valence-electron chi connectivity index (χ0n) is 21.8. The Labute approximate surface area is 228 Å². The van der Waals surface area contributed by atoms with E-state index in [4.69, 9.17) is 5.10 Å². The molecule has 6 rings (SSSR count). The molecule has 3 aliphatic rings. The van der Waals surface area contributed by atoms with Crippen molar-refractivity contribution >= 4 is 21.4 Å². The fraction of sp³-hybridized carbons (Fsp3) is 0.448. The summed E-state index contributed by atoms with van der Waals surface area (Å²) in [4.78, 5) is 19.7. The molecule has 10 heteroatoms. The number of pyridine rings is 1. The molecule has 2 saturated carbocycles. The van der Waals surface area contributed by atoms with Gasteiger partial charge in [0, 0.05) is 54.8 Å². The van der Waals surface area contributed by atoms with E-state index in [1.165, 1.54) is 0 Å². The zero-order valence-corrected chi connectivity index (χ0v) is 22.6. The van der Waals surface area contributed by atoms with Gasteiger partial charge in [-0.05, 0) is 55.5 Å². The Bertz CT molecular complexity index is 1490. The Morgan fingerprint density at radius 3 is 2.36 bits per heavy atom. The van der Waals surface area contributed by atoms with Gasteiger partial charge in [0.05, 0.1) is 29.0 Å². The first kappa shape index (κ1) is 25.6. The summed E-state index contributed by atoms with van der Waals surface area (Å²) < 4.78 is 25.6. The molecule has 2 atom stereocenters. The topological polar surface area (TPSA) is 121 Å². The lowest BCUT2D eigenvalue weighted by molar-refractivity contribution is -0.127. The second kappa shape index (κ2) is 10.1. The molecular weight excluding hydrogens is 512 g/mol. The van der Waals surface area contributed by atoms with Crippen molar-refractivity contribution in [2.24, 2.45) is 5.92 Å². The van der Waals surface area contributed by atoms with E-state index in [1.54, 1.807) is 12.4 Å². The van der Waals surface area contributed by atoms with Crippen molar-refractivity contribution in [3.05, 3.63) is 60.7 Å². The van der Waals surface area contributed by atoms with E-state index in [9.17, 15) is 18.5 Å². The van der Waals surface area contributed by atoms with Crippen molar-refractivity contribution in [2.45, 2.75) is 50.0 Å². The molecule has 2 unspecified atom stereocenters. The molecule has 0 radical (unpaired) electrons. The van der Waals surface area contributed by atoms with Crippen molar-refractivity contribution in [3.63, 3.8) is 0 Å². The molecule has 0 bridgehead atoms.